The highest BCUT2D eigenvalue weighted by Crippen LogP contribution is 2.27. The highest BCUT2D eigenvalue weighted by atomic mass is 16.5. The van der Waals surface area contributed by atoms with Crippen LogP contribution in [0.2, 0.25) is 0 Å². The van der Waals surface area contributed by atoms with Gasteiger partial charge in [-0.3, -0.25) is 5.21 Å². The van der Waals surface area contributed by atoms with E-state index in [1.807, 2.05) is 0 Å². The van der Waals surface area contributed by atoms with Gasteiger partial charge in [-0.25, -0.2) is 9.86 Å². The van der Waals surface area contributed by atoms with Crippen molar-refractivity contribution in [3.8, 4) is 0 Å². The molecule has 0 saturated carbocycles. The molecule has 2 bridgehead atoms. The normalized spacial score (nSPS) is 34.2. The van der Waals surface area contributed by atoms with Crippen LogP contribution >= 0.6 is 0 Å². The molecule has 2 aliphatic rings. The van der Waals surface area contributed by atoms with Crippen molar-refractivity contribution in [1.29, 1.82) is 0 Å². The van der Waals surface area contributed by atoms with E-state index in [9.17, 15) is 14.8 Å². The Balaban J connectivity index is 2.22. The maximum atomic E-state index is 11.2. The van der Waals surface area contributed by atoms with E-state index < -0.39 is 6.03 Å². The summed E-state index contributed by atoms with van der Waals surface area (Å²) in [5.41, 5.74) is 0. The summed E-state index contributed by atoms with van der Waals surface area (Å²) in [7, 11) is 0. The van der Waals surface area contributed by atoms with Gasteiger partial charge in [0.2, 0.25) is 0 Å². The molecule has 5 nitrogen and oxygen atoms in total. The Morgan fingerprint density at radius 2 is 2.25 bits per heavy atom. The van der Waals surface area contributed by atoms with Crippen molar-refractivity contribution >= 4 is 12.3 Å². The summed E-state index contributed by atoms with van der Waals surface area (Å²) < 4.78 is 0. The second-order valence-electron chi connectivity index (χ2n) is 3.21. The quantitative estimate of drug-likeness (QED) is 0.439. The summed E-state index contributed by atoms with van der Waals surface area (Å²) in [5, 5.41) is 9.95. The largest absolute Gasteiger partial charge is 0.344 e. The third kappa shape index (κ3) is 0.828. The van der Waals surface area contributed by atoms with Crippen molar-refractivity contribution < 1.29 is 14.8 Å². The van der Waals surface area contributed by atoms with Gasteiger partial charge in [0.1, 0.15) is 6.29 Å². The molecular formula is C7H10N2O3. The van der Waals surface area contributed by atoms with Gasteiger partial charge in [-0.05, 0) is 12.8 Å². The van der Waals surface area contributed by atoms with Gasteiger partial charge < -0.3 is 9.69 Å². The van der Waals surface area contributed by atoms with Crippen LogP contribution in [0.25, 0.3) is 0 Å². The van der Waals surface area contributed by atoms with Crippen LogP contribution in [0.5, 0.6) is 0 Å². The van der Waals surface area contributed by atoms with E-state index in [1.54, 1.807) is 0 Å². The number of piperidine rings is 1. The molecule has 0 aromatic carbocycles. The predicted octanol–water partition coefficient (Wildman–Crippen LogP) is -0.157. The molecule has 2 rings (SSSR count). The maximum Gasteiger partial charge on any atom is 0.344 e. The zero-order valence-corrected chi connectivity index (χ0v) is 6.51. The Hall–Kier alpha value is -1.10. The molecule has 2 heterocycles. The molecule has 2 fully saturated rings. The molecule has 1 N–H and O–H groups in total. The van der Waals surface area contributed by atoms with E-state index in [-0.39, 0.29) is 12.1 Å². The Morgan fingerprint density at radius 1 is 1.50 bits per heavy atom. The SMILES string of the molecule is O=CC1CCC2CN1C(=O)N2O. The van der Waals surface area contributed by atoms with Crippen LogP contribution in [0.15, 0.2) is 0 Å². The zero-order valence-electron chi connectivity index (χ0n) is 6.51. The van der Waals surface area contributed by atoms with E-state index in [1.165, 1.54) is 4.90 Å². The molecule has 2 aliphatic heterocycles. The molecule has 0 radical (unpaired) electrons. The van der Waals surface area contributed by atoms with Crippen molar-refractivity contribution in [3.05, 3.63) is 0 Å². The highest BCUT2D eigenvalue weighted by Gasteiger charge is 2.43. The molecule has 12 heavy (non-hydrogen) atoms. The molecule has 2 unspecified atom stereocenters. The molecule has 2 atom stereocenters. The minimum Gasteiger partial charge on any atom is -0.311 e. The van der Waals surface area contributed by atoms with Gasteiger partial charge in [-0.15, -0.1) is 0 Å². The molecule has 2 saturated heterocycles. The van der Waals surface area contributed by atoms with Crippen LogP contribution < -0.4 is 0 Å². The van der Waals surface area contributed by atoms with E-state index >= 15 is 0 Å². The number of carbonyl (C=O) groups excluding carboxylic acids is 2. The summed E-state index contributed by atoms with van der Waals surface area (Å²) in [5.74, 6) is 0. The maximum absolute atomic E-state index is 11.2. The van der Waals surface area contributed by atoms with Crippen molar-refractivity contribution in [3.63, 3.8) is 0 Å². The van der Waals surface area contributed by atoms with Gasteiger partial charge in [0.25, 0.3) is 0 Å². The van der Waals surface area contributed by atoms with Crippen LogP contribution in [-0.2, 0) is 4.79 Å². The van der Waals surface area contributed by atoms with E-state index in [0.29, 0.717) is 19.4 Å². The lowest BCUT2D eigenvalue weighted by Gasteiger charge is -2.25. The lowest BCUT2D eigenvalue weighted by molar-refractivity contribution is -0.112. The second-order valence-corrected chi connectivity index (χ2v) is 3.21. The van der Waals surface area contributed by atoms with Crippen molar-refractivity contribution in [2.45, 2.75) is 24.9 Å². The lowest BCUT2D eigenvalue weighted by atomic mass is 10.0. The average Bonchev–Trinajstić information content (AvgIpc) is 2.33. The first-order chi connectivity index (χ1) is 5.74. The van der Waals surface area contributed by atoms with E-state index in [0.717, 1.165) is 11.3 Å². The van der Waals surface area contributed by atoms with E-state index in [4.69, 9.17) is 0 Å². The Morgan fingerprint density at radius 3 is 2.92 bits per heavy atom. The number of rotatable bonds is 1. The summed E-state index contributed by atoms with van der Waals surface area (Å²) in [4.78, 5) is 23.1. The van der Waals surface area contributed by atoms with Crippen LogP contribution in [0.3, 0.4) is 0 Å². The number of nitrogens with zero attached hydrogens (tertiary/aromatic N) is 2. The molecule has 0 aromatic rings. The fourth-order valence-corrected chi connectivity index (χ4v) is 1.82. The average molecular weight is 170 g/mol. The molecule has 0 aromatic heterocycles. The molecule has 0 spiro atoms. The second kappa shape index (κ2) is 2.45. The monoisotopic (exact) mass is 170 g/mol. The number of hydroxylamine groups is 2. The number of hydrogen-bond donors (Lipinski definition) is 1. The topological polar surface area (TPSA) is 60.9 Å². The number of hydrogen-bond acceptors (Lipinski definition) is 3. The minimum atomic E-state index is -0.436. The lowest BCUT2D eigenvalue weighted by Crippen LogP contribution is -2.40. The Bertz CT molecular complexity index is 231. The van der Waals surface area contributed by atoms with Crippen LogP contribution in [0.1, 0.15) is 12.8 Å². The first-order valence-electron chi connectivity index (χ1n) is 3.98. The summed E-state index contributed by atoms with van der Waals surface area (Å²) in [6.45, 7) is 0.485. The zero-order chi connectivity index (χ0) is 8.72. The van der Waals surface area contributed by atoms with Crippen molar-refractivity contribution in [2.75, 3.05) is 6.54 Å². The summed E-state index contributed by atoms with van der Waals surface area (Å²) in [6.07, 6.45) is 2.15. The number of urea groups is 1. The Labute approximate surface area is 69.5 Å². The molecule has 5 heteroatoms. The number of fused-ring (bicyclic) bond motifs is 2. The van der Waals surface area contributed by atoms with Crippen molar-refractivity contribution in [1.82, 2.24) is 9.96 Å². The molecular weight excluding hydrogens is 160 g/mol. The third-order valence-electron chi connectivity index (χ3n) is 2.55. The van der Waals surface area contributed by atoms with Gasteiger partial charge in [-0.2, -0.15) is 0 Å². The van der Waals surface area contributed by atoms with Gasteiger partial charge in [0.15, 0.2) is 0 Å². The fourth-order valence-electron chi connectivity index (χ4n) is 1.82. The first-order valence-corrected chi connectivity index (χ1v) is 3.98. The smallest absolute Gasteiger partial charge is 0.311 e. The van der Waals surface area contributed by atoms with Gasteiger partial charge >= 0.3 is 6.03 Å². The number of amides is 2. The third-order valence-corrected chi connectivity index (χ3v) is 2.55. The highest BCUT2D eigenvalue weighted by molar-refractivity contribution is 5.80. The van der Waals surface area contributed by atoms with Crippen LogP contribution in [0.4, 0.5) is 4.79 Å². The molecule has 0 aliphatic carbocycles. The summed E-state index contributed by atoms with van der Waals surface area (Å²) >= 11 is 0. The van der Waals surface area contributed by atoms with Crippen LogP contribution in [-0.4, -0.2) is 46.1 Å². The van der Waals surface area contributed by atoms with Gasteiger partial charge in [0, 0.05) is 6.54 Å². The fraction of sp³-hybridized carbons (Fsp3) is 0.714. The number of carbonyl (C=O) groups is 2. The molecule has 2 amide bonds. The standard InChI is InChI=1S/C7H10N2O3/c10-4-6-2-1-5-3-8(6)7(11)9(5)12/h4-6,12H,1-3H2. The first kappa shape index (κ1) is 7.54. The molecule has 66 valence electrons. The van der Waals surface area contributed by atoms with Gasteiger partial charge in [-0.1, -0.05) is 0 Å². The minimum absolute atomic E-state index is 0.103. The van der Waals surface area contributed by atoms with Crippen LogP contribution in [0, 0.1) is 0 Å². The van der Waals surface area contributed by atoms with E-state index in [2.05, 4.69) is 0 Å². The van der Waals surface area contributed by atoms with Crippen molar-refractivity contribution in [2.24, 2.45) is 0 Å². The van der Waals surface area contributed by atoms with Gasteiger partial charge in [0.05, 0.1) is 12.1 Å². The Kier molecular flexibility index (Phi) is 1.54. The predicted molar refractivity (Wildman–Crippen MR) is 38.6 cm³/mol. The number of aldehydes is 1. The summed E-state index contributed by atoms with van der Waals surface area (Å²) in [6, 6.07) is -0.866.